The molecule has 1 fully saturated rings. The molecular formula is C13H13BrN2O2S. The number of halogens is 1. The summed E-state index contributed by atoms with van der Waals surface area (Å²) in [5, 5.41) is 1.64. The molecule has 0 radical (unpaired) electrons. The van der Waals surface area contributed by atoms with Gasteiger partial charge in [0.2, 0.25) is 5.91 Å². The van der Waals surface area contributed by atoms with Crippen molar-refractivity contribution in [3.8, 4) is 5.75 Å². The number of fused-ring (bicyclic) bond motifs is 1. The molecule has 1 aliphatic rings. The molecule has 1 atom stereocenters. The van der Waals surface area contributed by atoms with Gasteiger partial charge in [-0.25, -0.2) is 4.98 Å². The van der Waals surface area contributed by atoms with E-state index in [1.54, 1.807) is 12.0 Å². The fourth-order valence-corrected chi connectivity index (χ4v) is 3.66. The number of carbonyl (C=O) groups is 1. The highest BCUT2D eigenvalue weighted by molar-refractivity contribution is 9.09. The van der Waals surface area contributed by atoms with Gasteiger partial charge in [-0.05, 0) is 24.1 Å². The van der Waals surface area contributed by atoms with Crippen LogP contribution in [0.25, 0.3) is 10.2 Å². The first-order valence-corrected chi connectivity index (χ1v) is 7.96. The second-order valence-electron chi connectivity index (χ2n) is 4.56. The first-order chi connectivity index (χ1) is 9.21. The summed E-state index contributed by atoms with van der Waals surface area (Å²) in [5.41, 5.74) is 0.913. The van der Waals surface area contributed by atoms with Gasteiger partial charge in [0.05, 0.1) is 17.3 Å². The lowest BCUT2D eigenvalue weighted by molar-refractivity contribution is -0.117. The van der Waals surface area contributed by atoms with E-state index in [0.29, 0.717) is 12.3 Å². The Morgan fingerprint density at radius 1 is 1.58 bits per heavy atom. The molecule has 2 aromatic rings. The number of hydrogen-bond acceptors (Lipinski definition) is 4. The Morgan fingerprint density at radius 3 is 3.11 bits per heavy atom. The maximum absolute atomic E-state index is 12.0. The summed E-state index contributed by atoms with van der Waals surface area (Å²) in [7, 11) is 1.65. The van der Waals surface area contributed by atoms with Gasteiger partial charge in [0.1, 0.15) is 5.75 Å². The Morgan fingerprint density at radius 2 is 2.42 bits per heavy atom. The third-order valence-corrected chi connectivity index (χ3v) is 5.20. The second kappa shape index (κ2) is 5.09. The summed E-state index contributed by atoms with van der Waals surface area (Å²) in [6.07, 6.45) is 0.602. The van der Waals surface area contributed by atoms with E-state index in [0.717, 1.165) is 33.0 Å². The lowest BCUT2D eigenvalue weighted by Crippen LogP contribution is -2.24. The molecule has 1 aliphatic heterocycles. The number of rotatable bonds is 3. The van der Waals surface area contributed by atoms with E-state index in [2.05, 4.69) is 20.9 Å². The average molecular weight is 341 g/mol. The molecule has 4 nitrogen and oxygen atoms in total. The molecule has 0 saturated carbocycles. The SMILES string of the molecule is COc1ccc2nc(N3CC(CBr)CC3=O)sc2c1. The van der Waals surface area contributed by atoms with Crippen LogP contribution in [0.2, 0.25) is 0 Å². The van der Waals surface area contributed by atoms with E-state index in [-0.39, 0.29) is 5.91 Å². The zero-order valence-corrected chi connectivity index (χ0v) is 12.8. The third kappa shape index (κ3) is 2.34. The van der Waals surface area contributed by atoms with Crippen LogP contribution in [-0.2, 0) is 4.79 Å². The molecule has 2 heterocycles. The lowest BCUT2D eigenvalue weighted by atomic mass is 10.2. The largest absolute Gasteiger partial charge is 0.497 e. The summed E-state index contributed by atoms with van der Waals surface area (Å²) in [6, 6.07) is 5.77. The van der Waals surface area contributed by atoms with Crippen LogP contribution >= 0.6 is 27.3 Å². The molecule has 1 aromatic carbocycles. The van der Waals surface area contributed by atoms with Crippen molar-refractivity contribution in [3.05, 3.63) is 18.2 Å². The average Bonchev–Trinajstić information content (AvgIpc) is 3.00. The predicted molar refractivity (Wildman–Crippen MR) is 80.4 cm³/mol. The van der Waals surface area contributed by atoms with Crippen molar-refractivity contribution in [2.24, 2.45) is 5.92 Å². The topological polar surface area (TPSA) is 42.4 Å². The number of benzene rings is 1. The highest BCUT2D eigenvalue weighted by Gasteiger charge is 2.31. The molecule has 1 aromatic heterocycles. The fourth-order valence-electron chi connectivity index (χ4n) is 2.21. The maximum Gasteiger partial charge on any atom is 0.229 e. The molecule has 0 aliphatic carbocycles. The van der Waals surface area contributed by atoms with Crippen LogP contribution in [0.4, 0.5) is 5.13 Å². The minimum Gasteiger partial charge on any atom is -0.497 e. The molecule has 3 rings (SSSR count). The minimum absolute atomic E-state index is 0.162. The number of ether oxygens (including phenoxy) is 1. The van der Waals surface area contributed by atoms with Crippen molar-refractivity contribution in [2.45, 2.75) is 6.42 Å². The van der Waals surface area contributed by atoms with Crippen molar-refractivity contribution in [2.75, 3.05) is 23.9 Å². The van der Waals surface area contributed by atoms with Crippen molar-refractivity contribution < 1.29 is 9.53 Å². The van der Waals surface area contributed by atoms with Crippen LogP contribution in [0.15, 0.2) is 18.2 Å². The Bertz CT molecular complexity index is 628. The van der Waals surface area contributed by atoms with Gasteiger partial charge in [0.25, 0.3) is 0 Å². The maximum atomic E-state index is 12.0. The van der Waals surface area contributed by atoms with E-state index < -0.39 is 0 Å². The number of alkyl halides is 1. The highest BCUT2D eigenvalue weighted by Crippen LogP contribution is 2.34. The standard InChI is InChI=1S/C13H13BrN2O2S/c1-18-9-2-3-10-11(5-9)19-13(15-10)16-7-8(6-14)4-12(16)17/h2-3,5,8H,4,6-7H2,1H3. The van der Waals surface area contributed by atoms with Crippen LogP contribution < -0.4 is 9.64 Å². The van der Waals surface area contributed by atoms with Crippen molar-refractivity contribution in [3.63, 3.8) is 0 Å². The van der Waals surface area contributed by atoms with Gasteiger partial charge in [0.15, 0.2) is 5.13 Å². The molecular weight excluding hydrogens is 328 g/mol. The van der Waals surface area contributed by atoms with Crippen LogP contribution in [-0.4, -0.2) is 29.9 Å². The van der Waals surface area contributed by atoms with Gasteiger partial charge in [-0.1, -0.05) is 27.3 Å². The number of hydrogen-bond donors (Lipinski definition) is 0. The smallest absolute Gasteiger partial charge is 0.229 e. The molecule has 1 saturated heterocycles. The van der Waals surface area contributed by atoms with E-state index in [1.165, 1.54) is 11.3 Å². The van der Waals surface area contributed by atoms with Crippen molar-refractivity contribution in [1.29, 1.82) is 0 Å². The monoisotopic (exact) mass is 340 g/mol. The number of anilines is 1. The van der Waals surface area contributed by atoms with E-state index in [1.807, 2.05) is 18.2 Å². The Kier molecular flexibility index (Phi) is 3.45. The summed E-state index contributed by atoms with van der Waals surface area (Å²) < 4.78 is 6.25. The van der Waals surface area contributed by atoms with Gasteiger partial charge in [-0.2, -0.15) is 0 Å². The zero-order valence-electron chi connectivity index (χ0n) is 10.4. The Hall–Kier alpha value is -1.14. The van der Waals surface area contributed by atoms with Crippen LogP contribution in [0, 0.1) is 5.92 Å². The van der Waals surface area contributed by atoms with Crippen LogP contribution in [0.5, 0.6) is 5.75 Å². The zero-order chi connectivity index (χ0) is 13.4. The summed E-state index contributed by atoms with van der Waals surface area (Å²) in [4.78, 5) is 18.3. The van der Waals surface area contributed by atoms with Gasteiger partial charge in [0, 0.05) is 18.3 Å². The lowest BCUT2D eigenvalue weighted by Gasteiger charge is -2.11. The number of nitrogens with zero attached hydrogens (tertiary/aromatic N) is 2. The second-order valence-corrected chi connectivity index (χ2v) is 6.22. The highest BCUT2D eigenvalue weighted by atomic mass is 79.9. The third-order valence-electron chi connectivity index (χ3n) is 3.24. The predicted octanol–water partition coefficient (Wildman–Crippen LogP) is 3.05. The number of amides is 1. The first kappa shape index (κ1) is 12.9. The summed E-state index contributed by atoms with van der Waals surface area (Å²) >= 11 is 4.98. The van der Waals surface area contributed by atoms with Gasteiger partial charge >= 0.3 is 0 Å². The Balaban J connectivity index is 1.95. The molecule has 100 valence electrons. The molecule has 0 spiro atoms. The van der Waals surface area contributed by atoms with E-state index >= 15 is 0 Å². The fraction of sp³-hybridized carbons (Fsp3) is 0.385. The number of carbonyl (C=O) groups excluding carboxylic acids is 1. The molecule has 0 bridgehead atoms. The Labute approximate surface area is 123 Å². The van der Waals surface area contributed by atoms with Gasteiger partial charge in [-0.3, -0.25) is 9.69 Å². The summed E-state index contributed by atoms with van der Waals surface area (Å²) in [6.45, 7) is 0.751. The minimum atomic E-state index is 0.162. The molecule has 1 amide bonds. The summed E-state index contributed by atoms with van der Waals surface area (Å²) in [5.74, 6) is 1.36. The molecule has 6 heteroatoms. The normalized spacial score (nSPS) is 19.4. The van der Waals surface area contributed by atoms with Gasteiger partial charge in [-0.15, -0.1) is 0 Å². The molecule has 0 N–H and O–H groups in total. The quantitative estimate of drug-likeness (QED) is 0.806. The number of thiazole rings is 1. The van der Waals surface area contributed by atoms with Crippen molar-refractivity contribution >= 4 is 48.5 Å². The number of aromatic nitrogens is 1. The van der Waals surface area contributed by atoms with Crippen LogP contribution in [0.1, 0.15) is 6.42 Å². The van der Waals surface area contributed by atoms with E-state index in [4.69, 9.17) is 4.74 Å². The van der Waals surface area contributed by atoms with Crippen molar-refractivity contribution in [1.82, 2.24) is 4.98 Å². The van der Waals surface area contributed by atoms with Crippen LogP contribution in [0.3, 0.4) is 0 Å². The van der Waals surface area contributed by atoms with Gasteiger partial charge < -0.3 is 4.74 Å². The molecule has 1 unspecified atom stereocenters. The number of methoxy groups -OCH3 is 1. The first-order valence-electron chi connectivity index (χ1n) is 6.02. The van der Waals surface area contributed by atoms with E-state index in [9.17, 15) is 4.79 Å². The molecule has 19 heavy (non-hydrogen) atoms.